The molecular formula is C20H27FN4S. The molecule has 140 valence electrons. The van der Waals surface area contributed by atoms with Crippen LogP contribution < -0.4 is 10.6 Å². The fraction of sp³-hybridized carbons (Fsp3) is 0.500. The number of aliphatic imine (C=N–C) groups is 1. The van der Waals surface area contributed by atoms with E-state index in [1.807, 2.05) is 12.1 Å². The summed E-state index contributed by atoms with van der Waals surface area (Å²) in [5, 5.41) is 9.98. The Balaban J connectivity index is 1.56. The van der Waals surface area contributed by atoms with Crippen molar-refractivity contribution in [3.63, 3.8) is 0 Å². The van der Waals surface area contributed by atoms with Gasteiger partial charge in [-0.1, -0.05) is 32.4 Å². The SMILES string of the molecule is CN=C(NCc1nc(C(C)C)cs1)NCC1(c2ccc(F)cc2)CCC1. The lowest BCUT2D eigenvalue weighted by Crippen LogP contribution is -2.48. The van der Waals surface area contributed by atoms with Crippen LogP contribution in [-0.2, 0) is 12.0 Å². The summed E-state index contributed by atoms with van der Waals surface area (Å²) in [7, 11) is 1.78. The number of thiazole rings is 1. The predicted octanol–water partition coefficient (Wildman–Crippen LogP) is 4.19. The fourth-order valence-corrected chi connectivity index (χ4v) is 4.17. The van der Waals surface area contributed by atoms with E-state index in [-0.39, 0.29) is 11.2 Å². The van der Waals surface area contributed by atoms with Gasteiger partial charge in [0.25, 0.3) is 0 Å². The molecule has 0 saturated heterocycles. The summed E-state index contributed by atoms with van der Waals surface area (Å²) in [6.07, 6.45) is 3.45. The second-order valence-electron chi connectivity index (χ2n) is 7.24. The van der Waals surface area contributed by atoms with Gasteiger partial charge in [-0.15, -0.1) is 11.3 Å². The summed E-state index contributed by atoms with van der Waals surface area (Å²) in [5.74, 6) is 1.05. The summed E-state index contributed by atoms with van der Waals surface area (Å²) in [6.45, 7) is 5.77. The first kappa shape index (κ1) is 18.8. The number of benzene rings is 1. The molecule has 0 aliphatic heterocycles. The Morgan fingerprint density at radius 1 is 1.27 bits per heavy atom. The zero-order chi connectivity index (χ0) is 18.6. The van der Waals surface area contributed by atoms with Crippen LogP contribution in [0.15, 0.2) is 34.6 Å². The van der Waals surface area contributed by atoms with Crippen LogP contribution in [0.3, 0.4) is 0 Å². The van der Waals surface area contributed by atoms with Gasteiger partial charge in [0, 0.05) is 24.4 Å². The van der Waals surface area contributed by atoms with Gasteiger partial charge in [-0.05, 0) is 36.5 Å². The molecular weight excluding hydrogens is 347 g/mol. The molecule has 1 saturated carbocycles. The summed E-state index contributed by atoms with van der Waals surface area (Å²) < 4.78 is 13.2. The molecule has 2 N–H and O–H groups in total. The lowest BCUT2D eigenvalue weighted by molar-refractivity contribution is 0.243. The molecule has 1 aromatic heterocycles. The van der Waals surface area contributed by atoms with Gasteiger partial charge in [-0.25, -0.2) is 9.37 Å². The maximum absolute atomic E-state index is 13.2. The monoisotopic (exact) mass is 374 g/mol. The summed E-state index contributed by atoms with van der Waals surface area (Å²) in [6, 6.07) is 6.93. The molecule has 3 rings (SSSR count). The minimum Gasteiger partial charge on any atom is -0.356 e. The van der Waals surface area contributed by atoms with Crippen molar-refractivity contribution in [2.24, 2.45) is 4.99 Å². The number of halogens is 1. The number of hydrogen-bond donors (Lipinski definition) is 2. The number of guanidine groups is 1. The van der Waals surface area contributed by atoms with Gasteiger partial charge in [-0.3, -0.25) is 4.99 Å². The van der Waals surface area contributed by atoms with Crippen molar-refractivity contribution >= 4 is 17.3 Å². The Morgan fingerprint density at radius 2 is 2.00 bits per heavy atom. The molecule has 0 amide bonds. The third kappa shape index (κ3) is 4.23. The van der Waals surface area contributed by atoms with Crippen LogP contribution in [-0.4, -0.2) is 24.5 Å². The highest BCUT2D eigenvalue weighted by Crippen LogP contribution is 2.43. The third-order valence-corrected chi connectivity index (χ3v) is 6.02. The molecule has 0 bridgehead atoms. The largest absolute Gasteiger partial charge is 0.356 e. The van der Waals surface area contributed by atoms with Crippen LogP contribution in [0.4, 0.5) is 4.39 Å². The number of nitrogens with zero attached hydrogens (tertiary/aromatic N) is 2. The molecule has 26 heavy (non-hydrogen) atoms. The van der Waals surface area contributed by atoms with Gasteiger partial charge in [0.2, 0.25) is 0 Å². The molecule has 1 fully saturated rings. The van der Waals surface area contributed by atoms with Crippen LogP contribution in [0.25, 0.3) is 0 Å². The molecule has 1 aliphatic rings. The van der Waals surface area contributed by atoms with Gasteiger partial charge in [0.15, 0.2) is 5.96 Å². The van der Waals surface area contributed by atoms with Crippen LogP contribution >= 0.6 is 11.3 Å². The molecule has 2 aromatic rings. The lowest BCUT2D eigenvalue weighted by Gasteiger charge is -2.43. The number of aromatic nitrogens is 1. The molecule has 0 radical (unpaired) electrons. The van der Waals surface area contributed by atoms with E-state index in [1.165, 1.54) is 12.0 Å². The third-order valence-electron chi connectivity index (χ3n) is 5.15. The highest BCUT2D eigenvalue weighted by atomic mass is 32.1. The van der Waals surface area contributed by atoms with Crippen molar-refractivity contribution in [1.82, 2.24) is 15.6 Å². The van der Waals surface area contributed by atoms with E-state index in [0.717, 1.165) is 36.0 Å². The average Bonchev–Trinajstić information content (AvgIpc) is 3.07. The second-order valence-corrected chi connectivity index (χ2v) is 8.18. The lowest BCUT2D eigenvalue weighted by atomic mass is 9.64. The van der Waals surface area contributed by atoms with Crippen molar-refractivity contribution < 1.29 is 4.39 Å². The summed E-state index contributed by atoms with van der Waals surface area (Å²) >= 11 is 1.68. The normalized spacial score (nSPS) is 16.4. The van der Waals surface area contributed by atoms with Crippen LogP contribution in [0.5, 0.6) is 0 Å². The minimum absolute atomic E-state index is 0.0807. The molecule has 1 aromatic carbocycles. The first-order valence-electron chi connectivity index (χ1n) is 9.17. The molecule has 6 heteroatoms. The van der Waals surface area contributed by atoms with Crippen molar-refractivity contribution in [2.75, 3.05) is 13.6 Å². The topological polar surface area (TPSA) is 49.3 Å². The molecule has 1 heterocycles. The maximum atomic E-state index is 13.2. The van der Waals surface area contributed by atoms with E-state index < -0.39 is 0 Å². The van der Waals surface area contributed by atoms with Crippen molar-refractivity contribution in [2.45, 2.75) is 51.0 Å². The second kappa shape index (κ2) is 8.16. The van der Waals surface area contributed by atoms with Gasteiger partial charge >= 0.3 is 0 Å². The first-order chi connectivity index (χ1) is 12.5. The Hall–Kier alpha value is -1.95. The quantitative estimate of drug-likeness (QED) is 0.589. The molecule has 0 spiro atoms. The van der Waals surface area contributed by atoms with Crippen molar-refractivity contribution in [3.05, 3.63) is 51.7 Å². The summed E-state index contributed by atoms with van der Waals surface area (Å²) in [4.78, 5) is 8.97. The van der Waals surface area contributed by atoms with E-state index in [0.29, 0.717) is 12.5 Å². The van der Waals surface area contributed by atoms with Crippen LogP contribution in [0, 0.1) is 5.82 Å². The number of rotatable bonds is 6. The summed E-state index contributed by atoms with van der Waals surface area (Å²) in [5.41, 5.74) is 2.42. The highest BCUT2D eigenvalue weighted by molar-refractivity contribution is 7.09. The van der Waals surface area contributed by atoms with Gasteiger partial charge in [0.05, 0.1) is 12.2 Å². The maximum Gasteiger partial charge on any atom is 0.191 e. The van der Waals surface area contributed by atoms with Crippen molar-refractivity contribution in [1.29, 1.82) is 0 Å². The fourth-order valence-electron chi connectivity index (χ4n) is 3.28. The zero-order valence-corrected chi connectivity index (χ0v) is 16.5. The Morgan fingerprint density at radius 3 is 2.54 bits per heavy atom. The van der Waals surface area contributed by atoms with E-state index in [4.69, 9.17) is 0 Å². The zero-order valence-electron chi connectivity index (χ0n) is 15.7. The van der Waals surface area contributed by atoms with Crippen LogP contribution in [0.2, 0.25) is 0 Å². The number of hydrogen-bond acceptors (Lipinski definition) is 3. The standard InChI is InChI=1S/C20H27FN4S/c1-14(2)17-12-26-18(25-17)11-23-19(22-3)24-13-20(9-4-10-20)15-5-7-16(21)8-6-15/h5-8,12,14H,4,9-11,13H2,1-3H3,(H2,22,23,24). The Kier molecular flexibility index (Phi) is 5.91. The molecule has 1 aliphatic carbocycles. The smallest absolute Gasteiger partial charge is 0.191 e. The van der Waals surface area contributed by atoms with E-state index in [9.17, 15) is 4.39 Å². The van der Waals surface area contributed by atoms with E-state index in [1.54, 1.807) is 30.5 Å². The molecule has 4 nitrogen and oxygen atoms in total. The Bertz CT molecular complexity index is 747. The molecule has 0 unspecified atom stereocenters. The molecule has 0 atom stereocenters. The Labute approximate surface area is 159 Å². The predicted molar refractivity (Wildman–Crippen MR) is 106 cm³/mol. The minimum atomic E-state index is -0.183. The van der Waals surface area contributed by atoms with Crippen LogP contribution in [0.1, 0.15) is 55.3 Å². The van der Waals surface area contributed by atoms with Gasteiger partial charge in [-0.2, -0.15) is 0 Å². The van der Waals surface area contributed by atoms with Gasteiger partial charge in [0.1, 0.15) is 10.8 Å². The van der Waals surface area contributed by atoms with E-state index in [2.05, 4.69) is 39.8 Å². The van der Waals surface area contributed by atoms with E-state index >= 15 is 0 Å². The first-order valence-corrected chi connectivity index (χ1v) is 10.1. The average molecular weight is 375 g/mol. The van der Waals surface area contributed by atoms with Gasteiger partial charge < -0.3 is 10.6 Å². The number of nitrogens with one attached hydrogen (secondary N) is 2. The van der Waals surface area contributed by atoms with Crippen molar-refractivity contribution in [3.8, 4) is 0 Å². The highest BCUT2D eigenvalue weighted by Gasteiger charge is 2.38.